The van der Waals surface area contributed by atoms with Gasteiger partial charge in [-0.3, -0.25) is 9.78 Å². The number of nitrogens with zero attached hydrogens (tertiary/aromatic N) is 3. The molecule has 32 heavy (non-hydrogen) atoms. The van der Waals surface area contributed by atoms with Crippen molar-refractivity contribution < 1.29 is 14.3 Å². The molecule has 1 aromatic carbocycles. The van der Waals surface area contributed by atoms with E-state index in [2.05, 4.69) is 15.3 Å². The van der Waals surface area contributed by atoms with E-state index in [4.69, 9.17) is 21.1 Å². The Balaban J connectivity index is 1.69. The number of fused-ring (bicyclic) bond motifs is 1. The Morgan fingerprint density at radius 2 is 1.91 bits per heavy atom. The highest BCUT2D eigenvalue weighted by molar-refractivity contribution is 6.30. The number of nitrogens with one attached hydrogen (secondary N) is 1. The first kappa shape index (κ1) is 21.6. The van der Waals surface area contributed by atoms with E-state index in [0.29, 0.717) is 23.1 Å². The smallest absolute Gasteiger partial charge is 0.221 e. The Morgan fingerprint density at radius 1 is 1.12 bits per heavy atom. The molecular formula is C24H23ClN4O3. The predicted octanol–water partition coefficient (Wildman–Crippen LogP) is 4.24. The molecule has 164 valence electrons. The maximum atomic E-state index is 13.0. The Labute approximate surface area is 191 Å². The van der Waals surface area contributed by atoms with Gasteiger partial charge in [-0.1, -0.05) is 17.7 Å². The molecule has 0 aliphatic heterocycles. The number of halogens is 1. The third-order valence-electron chi connectivity index (χ3n) is 5.23. The van der Waals surface area contributed by atoms with Gasteiger partial charge < -0.3 is 19.2 Å². The number of aromatic nitrogens is 3. The van der Waals surface area contributed by atoms with Crippen molar-refractivity contribution in [2.75, 3.05) is 14.2 Å². The average molecular weight is 451 g/mol. The number of rotatable bonds is 8. The molecule has 8 heteroatoms. The van der Waals surface area contributed by atoms with Crippen LogP contribution in [-0.4, -0.2) is 34.5 Å². The minimum Gasteiger partial charge on any atom is -0.497 e. The number of imidazole rings is 1. The van der Waals surface area contributed by atoms with Gasteiger partial charge in [0.1, 0.15) is 17.1 Å². The topological polar surface area (TPSA) is 77.8 Å². The second kappa shape index (κ2) is 9.70. The van der Waals surface area contributed by atoms with Crippen molar-refractivity contribution in [3.63, 3.8) is 0 Å². The van der Waals surface area contributed by atoms with Crippen molar-refractivity contribution in [2.24, 2.45) is 0 Å². The fraction of sp³-hybridized carbons (Fsp3) is 0.208. The number of benzene rings is 1. The molecule has 1 N–H and O–H groups in total. The lowest BCUT2D eigenvalue weighted by molar-refractivity contribution is -0.121. The molecule has 1 atom stereocenters. The first-order chi connectivity index (χ1) is 15.6. The molecule has 1 amide bonds. The Kier molecular flexibility index (Phi) is 6.56. The molecule has 0 saturated heterocycles. The summed E-state index contributed by atoms with van der Waals surface area (Å²) in [6.45, 7) is 0.403. The summed E-state index contributed by atoms with van der Waals surface area (Å²) in [6, 6.07) is 13.0. The van der Waals surface area contributed by atoms with Crippen LogP contribution in [0.1, 0.15) is 29.2 Å². The normalized spacial score (nSPS) is 11.8. The Morgan fingerprint density at radius 3 is 2.59 bits per heavy atom. The zero-order chi connectivity index (χ0) is 22.5. The van der Waals surface area contributed by atoms with Gasteiger partial charge in [-0.15, -0.1) is 0 Å². The van der Waals surface area contributed by atoms with E-state index < -0.39 is 0 Å². The summed E-state index contributed by atoms with van der Waals surface area (Å²) in [7, 11) is 3.20. The van der Waals surface area contributed by atoms with Gasteiger partial charge in [0, 0.05) is 49.7 Å². The van der Waals surface area contributed by atoms with Gasteiger partial charge in [0.15, 0.2) is 0 Å². The number of pyridine rings is 2. The quantitative estimate of drug-likeness (QED) is 0.434. The Hall–Kier alpha value is -3.58. The van der Waals surface area contributed by atoms with Crippen LogP contribution >= 0.6 is 11.6 Å². The summed E-state index contributed by atoms with van der Waals surface area (Å²) >= 11 is 6.24. The third-order valence-corrected chi connectivity index (χ3v) is 5.46. The van der Waals surface area contributed by atoms with Crippen LogP contribution < -0.4 is 14.8 Å². The SMILES string of the molecule is COc1cc(OC)cc(C(CC(=O)NCc2cccnc2)c2cnc3ccc(Cl)cn23)c1. The van der Waals surface area contributed by atoms with Crippen molar-refractivity contribution in [2.45, 2.75) is 18.9 Å². The summed E-state index contributed by atoms with van der Waals surface area (Å²) < 4.78 is 12.8. The fourth-order valence-corrected chi connectivity index (χ4v) is 3.78. The molecule has 0 fully saturated rings. The largest absolute Gasteiger partial charge is 0.497 e. The first-order valence-electron chi connectivity index (χ1n) is 10.1. The second-order valence-corrected chi connectivity index (χ2v) is 7.74. The van der Waals surface area contributed by atoms with Gasteiger partial charge >= 0.3 is 0 Å². The van der Waals surface area contributed by atoms with Gasteiger partial charge in [-0.25, -0.2) is 4.98 Å². The summed E-state index contributed by atoms with van der Waals surface area (Å²) in [5.74, 6) is 0.887. The van der Waals surface area contributed by atoms with E-state index in [1.54, 1.807) is 51.1 Å². The third kappa shape index (κ3) is 4.84. The van der Waals surface area contributed by atoms with Crippen molar-refractivity contribution in [1.29, 1.82) is 0 Å². The van der Waals surface area contributed by atoms with Crippen LogP contribution in [0.15, 0.2) is 67.3 Å². The van der Waals surface area contributed by atoms with Crippen LogP contribution in [0.25, 0.3) is 5.65 Å². The highest BCUT2D eigenvalue weighted by Gasteiger charge is 2.23. The highest BCUT2D eigenvalue weighted by Crippen LogP contribution is 2.34. The number of hydrogen-bond donors (Lipinski definition) is 1. The molecule has 4 rings (SSSR count). The number of carbonyl (C=O) groups excluding carboxylic acids is 1. The molecule has 1 unspecified atom stereocenters. The van der Waals surface area contributed by atoms with Gasteiger partial charge in [0.25, 0.3) is 0 Å². The van der Waals surface area contributed by atoms with Gasteiger partial charge in [-0.2, -0.15) is 0 Å². The van der Waals surface area contributed by atoms with E-state index in [0.717, 1.165) is 22.5 Å². The van der Waals surface area contributed by atoms with Crippen LogP contribution in [0.5, 0.6) is 11.5 Å². The minimum absolute atomic E-state index is 0.0994. The molecule has 3 heterocycles. The monoisotopic (exact) mass is 450 g/mol. The number of amides is 1. The van der Waals surface area contributed by atoms with Gasteiger partial charge in [0.2, 0.25) is 5.91 Å². The second-order valence-electron chi connectivity index (χ2n) is 7.30. The van der Waals surface area contributed by atoms with Gasteiger partial charge in [-0.05, 0) is 41.5 Å². The highest BCUT2D eigenvalue weighted by atomic mass is 35.5. The summed E-state index contributed by atoms with van der Waals surface area (Å²) in [6.07, 6.45) is 7.22. The average Bonchev–Trinajstić information content (AvgIpc) is 3.24. The van der Waals surface area contributed by atoms with Crippen LogP contribution in [0.3, 0.4) is 0 Å². The number of carbonyl (C=O) groups is 1. The lowest BCUT2D eigenvalue weighted by atomic mass is 9.91. The number of hydrogen-bond acceptors (Lipinski definition) is 5. The summed E-state index contributed by atoms with van der Waals surface area (Å²) in [5.41, 5.74) is 3.40. The lowest BCUT2D eigenvalue weighted by Crippen LogP contribution is -2.25. The van der Waals surface area contributed by atoms with Crippen LogP contribution in [0.2, 0.25) is 5.02 Å². The molecule has 0 spiro atoms. The molecule has 0 saturated carbocycles. The molecule has 4 aromatic rings. The van der Waals surface area contributed by atoms with Crippen molar-refractivity contribution >= 4 is 23.2 Å². The van der Waals surface area contributed by atoms with Crippen molar-refractivity contribution in [3.05, 3.63) is 89.1 Å². The van der Waals surface area contributed by atoms with Crippen LogP contribution in [0, 0.1) is 0 Å². The molecule has 7 nitrogen and oxygen atoms in total. The number of methoxy groups -OCH3 is 2. The first-order valence-corrected chi connectivity index (χ1v) is 10.5. The lowest BCUT2D eigenvalue weighted by Gasteiger charge is -2.19. The van der Waals surface area contributed by atoms with Crippen LogP contribution in [-0.2, 0) is 11.3 Å². The molecular weight excluding hydrogens is 428 g/mol. The predicted molar refractivity (Wildman–Crippen MR) is 122 cm³/mol. The van der Waals surface area contributed by atoms with Crippen molar-refractivity contribution in [1.82, 2.24) is 19.7 Å². The minimum atomic E-state index is -0.304. The molecule has 0 radical (unpaired) electrons. The zero-order valence-corrected chi connectivity index (χ0v) is 18.5. The Bertz CT molecular complexity index is 1200. The van der Waals surface area contributed by atoms with Crippen molar-refractivity contribution in [3.8, 4) is 11.5 Å². The maximum Gasteiger partial charge on any atom is 0.221 e. The van der Waals surface area contributed by atoms with Crippen LogP contribution in [0.4, 0.5) is 0 Å². The fourth-order valence-electron chi connectivity index (χ4n) is 3.62. The molecule has 0 aliphatic carbocycles. The number of ether oxygens (including phenoxy) is 2. The molecule has 3 aromatic heterocycles. The molecule has 0 bridgehead atoms. The van der Waals surface area contributed by atoms with E-state index in [-0.39, 0.29) is 18.2 Å². The molecule has 0 aliphatic rings. The summed E-state index contributed by atoms with van der Waals surface area (Å²) in [4.78, 5) is 21.5. The summed E-state index contributed by atoms with van der Waals surface area (Å²) in [5, 5.41) is 3.56. The maximum absolute atomic E-state index is 13.0. The van der Waals surface area contributed by atoms with E-state index in [1.165, 1.54) is 0 Å². The van der Waals surface area contributed by atoms with E-state index in [1.807, 2.05) is 34.7 Å². The van der Waals surface area contributed by atoms with Gasteiger partial charge in [0.05, 0.1) is 24.9 Å². The zero-order valence-electron chi connectivity index (χ0n) is 17.8. The standard InChI is InChI=1S/C24H23ClN4O3/c1-31-19-8-17(9-20(10-19)32-2)21(11-24(30)28-13-16-4-3-7-26-12-16)22-14-27-23-6-5-18(25)15-29(22)23/h3-10,12,14-15,21H,11,13H2,1-2H3,(H,28,30). The van der Waals surface area contributed by atoms with E-state index in [9.17, 15) is 4.79 Å². The van der Waals surface area contributed by atoms with E-state index >= 15 is 0 Å².